The van der Waals surface area contributed by atoms with Crippen molar-refractivity contribution >= 4 is 18.3 Å². The standard InChI is InChI=1S/C20H28N2O.ClH/c23-20(22-18-10-11-19(22)14-21-13-12-18)17-8-6-16(7-9-17)15-4-2-1-3-5-15;/h1-5,16-19,21H,6-14H2;1H. The fourth-order valence-electron chi connectivity index (χ4n) is 4.95. The summed E-state index contributed by atoms with van der Waals surface area (Å²) in [7, 11) is 0. The van der Waals surface area contributed by atoms with E-state index >= 15 is 0 Å². The number of nitrogens with zero attached hydrogens (tertiary/aromatic N) is 1. The van der Waals surface area contributed by atoms with Gasteiger partial charge in [-0.05, 0) is 63.0 Å². The zero-order valence-corrected chi connectivity index (χ0v) is 15.1. The minimum absolute atomic E-state index is 0. The van der Waals surface area contributed by atoms with Crippen LogP contribution in [-0.4, -0.2) is 36.0 Å². The second-order valence-corrected chi connectivity index (χ2v) is 7.58. The Labute approximate surface area is 151 Å². The number of carbonyl (C=O) groups excluding carboxylic acids is 1. The molecule has 1 aromatic carbocycles. The van der Waals surface area contributed by atoms with Crippen molar-refractivity contribution in [2.24, 2.45) is 5.92 Å². The normalized spacial score (nSPS) is 32.8. The lowest BCUT2D eigenvalue weighted by Crippen LogP contribution is -2.46. The third-order valence-corrected chi connectivity index (χ3v) is 6.26. The van der Waals surface area contributed by atoms with Gasteiger partial charge in [-0.15, -0.1) is 12.4 Å². The first-order valence-electron chi connectivity index (χ1n) is 9.41. The summed E-state index contributed by atoms with van der Waals surface area (Å²) >= 11 is 0. The molecule has 132 valence electrons. The average Bonchev–Trinajstić information content (AvgIpc) is 2.88. The number of nitrogens with one attached hydrogen (secondary N) is 1. The van der Waals surface area contributed by atoms with Crippen LogP contribution in [0.15, 0.2) is 30.3 Å². The van der Waals surface area contributed by atoms with Gasteiger partial charge in [0.05, 0.1) is 0 Å². The lowest BCUT2D eigenvalue weighted by atomic mass is 9.78. The number of fused-ring (bicyclic) bond motifs is 2. The van der Waals surface area contributed by atoms with E-state index in [1.807, 2.05) is 0 Å². The zero-order valence-electron chi connectivity index (χ0n) is 14.3. The van der Waals surface area contributed by atoms with Gasteiger partial charge in [-0.3, -0.25) is 4.79 Å². The highest BCUT2D eigenvalue weighted by Crippen LogP contribution is 2.38. The molecule has 1 amide bonds. The van der Waals surface area contributed by atoms with Crippen molar-refractivity contribution in [1.29, 1.82) is 0 Å². The molecular formula is C20H29ClN2O. The van der Waals surface area contributed by atoms with Gasteiger partial charge in [0.15, 0.2) is 0 Å². The van der Waals surface area contributed by atoms with Crippen LogP contribution in [0, 0.1) is 5.92 Å². The Morgan fingerprint density at radius 2 is 1.62 bits per heavy atom. The molecule has 24 heavy (non-hydrogen) atoms. The van der Waals surface area contributed by atoms with E-state index in [0.29, 0.717) is 23.9 Å². The first-order valence-corrected chi connectivity index (χ1v) is 9.41. The molecule has 3 aliphatic rings. The molecule has 1 aliphatic carbocycles. The highest BCUT2D eigenvalue weighted by Gasteiger charge is 2.41. The Morgan fingerprint density at radius 3 is 2.38 bits per heavy atom. The van der Waals surface area contributed by atoms with E-state index in [2.05, 4.69) is 40.5 Å². The predicted molar refractivity (Wildman–Crippen MR) is 99.5 cm³/mol. The smallest absolute Gasteiger partial charge is 0.226 e. The first-order chi connectivity index (χ1) is 11.3. The van der Waals surface area contributed by atoms with Gasteiger partial charge in [-0.25, -0.2) is 0 Å². The number of carbonyl (C=O) groups is 1. The Hall–Kier alpha value is -1.06. The third kappa shape index (κ3) is 3.48. The van der Waals surface area contributed by atoms with Crippen molar-refractivity contribution in [3.8, 4) is 0 Å². The van der Waals surface area contributed by atoms with E-state index < -0.39 is 0 Å². The van der Waals surface area contributed by atoms with Crippen molar-refractivity contribution in [3.05, 3.63) is 35.9 Å². The fraction of sp³-hybridized carbons (Fsp3) is 0.650. The molecule has 3 fully saturated rings. The van der Waals surface area contributed by atoms with Crippen LogP contribution in [0.2, 0.25) is 0 Å². The summed E-state index contributed by atoms with van der Waals surface area (Å²) in [5.41, 5.74) is 1.46. The molecule has 0 aromatic heterocycles. The molecule has 0 spiro atoms. The van der Waals surface area contributed by atoms with Gasteiger partial charge in [-0.1, -0.05) is 30.3 Å². The molecule has 4 rings (SSSR count). The van der Waals surface area contributed by atoms with Gasteiger partial charge < -0.3 is 10.2 Å². The van der Waals surface area contributed by atoms with E-state index in [0.717, 1.165) is 32.4 Å². The Kier molecular flexibility index (Phi) is 5.83. The fourth-order valence-corrected chi connectivity index (χ4v) is 4.95. The van der Waals surface area contributed by atoms with Crippen LogP contribution in [0.3, 0.4) is 0 Å². The number of benzene rings is 1. The topological polar surface area (TPSA) is 32.3 Å². The maximum Gasteiger partial charge on any atom is 0.226 e. The van der Waals surface area contributed by atoms with Crippen LogP contribution in [0.1, 0.15) is 56.4 Å². The van der Waals surface area contributed by atoms with Crippen LogP contribution in [-0.2, 0) is 4.79 Å². The van der Waals surface area contributed by atoms with Gasteiger partial charge in [-0.2, -0.15) is 0 Å². The molecule has 3 nitrogen and oxygen atoms in total. The largest absolute Gasteiger partial charge is 0.335 e. The molecule has 2 bridgehead atoms. The van der Waals surface area contributed by atoms with E-state index in [1.54, 1.807) is 0 Å². The van der Waals surface area contributed by atoms with Crippen LogP contribution < -0.4 is 5.32 Å². The Balaban J connectivity index is 0.00000169. The summed E-state index contributed by atoms with van der Waals surface area (Å²) in [5, 5.41) is 3.50. The van der Waals surface area contributed by atoms with Crippen LogP contribution in [0.5, 0.6) is 0 Å². The summed E-state index contributed by atoms with van der Waals surface area (Å²) in [6, 6.07) is 11.8. The van der Waals surface area contributed by atoms with Gasteiger partial charge in [0.2, 0.25) is 5.91 Å². The highest BCUT2D eigenvalue weighted by atomic mass is 35.5. The van der Waals surface area contributed by atoms with Crippen LogP contribution in [0.25, 0.3) is 0 Å². The molecule has 1 N–H and O–H groups in total. The van der Waals surface area contributed by atoms with Gasteiger partial charge in [0.25, 0.3) is 0 Å². The quantitative estimate of drug-likeness (QED) is 0.883. The van der Waals surface area contributed by atoms with Crippen molar-refractivity contribution in [2.45, 2.75) is 62.9 Å². The minimum atomic E-state index is 0. The third-order valence-electron chi connectivity index (χ3n) is 6.26. The molecule has 0 radical (unpaired) electrons. The number of amides is 1. The maximum atomic E-state index is 13.1. The monoisotopic (exact) mass is 348 g/mol. The van der Waals surface area contributed by atoms with Gasteiger partial charge >= 0.3 is 0 Å². The lowest BCUT2D eigenvalue weighted by molar-refractivity contribution is -0.139. The molecule has 1 aromatic rings. The molecule has 2 heterocycles. The maximum absolute atomic E-state index is 13.1. The van der Waals surface area contributed by atoms with Crippen LogP contribution >= 0.6 is 12.4 Å². The van der Waals surface area contributed by atoms with Crippen molar-refractivity contribution in [3.63, 3.8) is 0 Å². The highest BCUT2D eigenvalue weighted by molar-refractivity contribution is 5.85. The number of rotatable bonds is 2. The average molecular weight is 349 g/mol. The van der Waals surface area contributed by atoms with E-state index in [9.17, 15) is 4.79 Å². The molecule has 1 saturated carbocycles. The summed E-state index contributed by atoms with van der Waals surface area (Å²) in [5.74, 6) is 1.40. The van der Waals surface area contributed by atoms with Crippen LogP contribution in [0.4, 0.5) is 0 Å². The first kappa shape index (κ1) is 17.8. The Bertz CT molecular complexity index is 528. The summed E-state index contributed by atoms with van der Waals surface area (Å²) in [6.45, 7) is 2.08. The van der Waals surface area contributed by atoms with E-state index in [1.165, 1.54) is 31.2 Å². The van der Waals surface area contributed by atoms with Crippen molar-refractivity contribution < 1.29 is 4.79 Å². The van der Waals surface area contributed by atoms with E-state index in [-0.39, 0.29) is 18.3 Å². The summed E-state index contributed by atoms with van der Waals surface area (Å²) in [4.78, 5) is 15.4. The molecule has 2 atom stereocenters. The number of halogens is 1. The van der Waals surface area contributed by atoms with Crippen molar-refractivity contribution in [1.82, 2.24) is 10.2 Å². The molecule has 2 unspecified atom stereocenters. The second-order valence-electron chi connectivity index (χ2n) is 7.58. The minimum Gasteiger partial charge on any atom is -0.335 e. The second kappa shape index (κ2) is 7.88. The SMILES string of the molecule is Cl.O=C(C1CCC(c2ccccc2)CC1)N1C2CCNCC1CC2. The van der Waals surface area contributed by atoms with Gasteiger partial charge in [0.1, 0.15) is 0 Å². The molecular weight excluding hydrogens is 320 g/mol. The zero-order chi connectivity index (χ0) is 15.6. The van der Waals surface area contributed by atoms with Crippen molar-refractivity contribution in [2.75, 3.05) is 13.1 Å². The van der Waals surface area contributed by atoms with E-state index in [4.69, 9.17) is 0 Å². The summed E-state index contributed by atoms with van der Waals surface area (Å²) < 4.78 is 0. The number of hydrogen-bond donors (Lipinski definition) is 1. The molecule has 2 aliphatic heterocycles. The summed E-state index contributed by atoms with van der Waals surface area (Å²) in [6.07, 6.45) is 8.04. The lowest BCUT2D eigenvalue weighted by Gasteiger charge is -2.35. The van der Waals surface area contributed by atoms with Gasteiger partial charge in [0, 0.05) is 24.5 Å². The predicted octanol–water partition coefficient (Wildman–Crippen LogP) is 3.74. The molecule has 2 saturated heterocycles. The number of hydrogen-bond acceptors (Lipinski definition) is 2. The Morgan fingerprint density at radius 1 is 0.917 bits per heavy atom. The molecule has 4 heteroatoms.